The average Bonchev–Trinajstić information content (AvgIpc) is 2.73. The van der Waals surface area contributed by atoms with E-state index in [4.69, 9.17) is 0 Å². The van der Waals surface area contributed by atoms with Crippen LogP contribution in [0.25, 0.3) is 0 Å². The molecule has 0 atom stereocenters. The van der Waals surface area contributed by atoms with E-state index in [1.54, 1.807) is 11.8 Å². The smallest absolute Gasteiger partial charge is 0.174 e. The number of nitrogens with zero attached hydrogens (tertiary/aromatic N) is 2. The molecule has 2 rings (SSSR count). The van der Waals surface area contributed by atoms with Crippen LogP contribution in [-0.4, -0.2) is 14.9 Å². The molecule has 1 aromatic carbocycles. The summed E-state index contributed by atoms with van der Waals surface area (Å²) < 4.78 is 5.22. The number of aromatic nitrogens is 2. The second-order valence-corrected chi connectivity index (χ2v) is 7.46. The van der Waals surface area contributed by atoms with Gasteiger partial charge in [0.1, 0.15) is 5.82 Å². The molecule has 0 spiro atoms. The van der Waals surface area contributed by atoms with E-state index >= 15 is 0 Å². The van der Waals surface area contributed by atoms with Gasteiger partial charge < -0.3 is 5.32 Å². The standard InChI is InChI=1S/C14H19N3S2/c1-10-16-13(19-17-10)18-12-8-6-5-7-11(12)9-15-14(2,3)4/h5-8,15H,9H2,1-4H3. The van der Waals surface area contributed by atoms with Crippen LogP contribution in [0.5, 0.6) is 0 Å². The van der Waals surface area contributed by atoms with E-state index < -0.39 is 0 Å². The Kier molecular flexibility index (Phi) is 4.60. The fourth-order valence-electron chi connectivity index (χ4n) is 1.52. The molecule has 0 unspecified atom stereocenters. The van der Waals surface area contributed by atoms with Gasteiger partial charge in [-0.15, -0.1) is 0 Å². The lowest BCUT2D eigenvalue weighted by Gasteiger charge is -2.21. The van der Waals surface area contributed by atoms with Gasteiger partial charge in [-0.1, -0.05) is 30.0 Å². The minimum atomic E-state index is 0.122. The highest BCUT2D eigenvalue weighted by atomic mass is 32.2. The van der Waals surface area contributed by atoms with E-state index in [-0.39, 0.29) is 5.54 Å². The van der Waals surface area contributed by atoms with E-state index in [0.29, 0.717) is 0 Å². The van der Waals surface area contributed by atoms with Gasteiger partial charge in [0.2, 0.25) is 0 Å². The van der Waals surface area contributed by atoms with E-state index in [1.807, 2.05) is 6.92 Å². The van der Waals surface area contributed by atoms with Crippen molar-refractivity contribution in [2.45, 2.75) is 49.0 Å². The summed E-state index contributed by atoms with van der Waals surface area (Å²) in [6.07, 6.45) is 0. The Labute approximate surface area is 123 Å². The minimum Gasteiger partial charge on any atom is -0.308 e. The second-order valence-electron chi connectivity index (χ2n) is 5.42. The molecule has 0 aliphatic heterocycles. The third kappa shape index (κ3) is 4.60. The Morgan fingerprint density at radius 2 is 2.00 bits per heavy atom. The molecule has 1 aromatic heterocycles. The normalized spacial score (nSPS) is 11.8. The van der Waals surface area contributed by atoms with Crippen LogP contribution >= 0.6 is 23.3 Å². The molecule has 0 aliphatic carbocycles. The van der Waals surface area contributed by atoms with Gasteiger partial charge in [0.15, 0.2) is 4.34 Å². The summed E-state index contributed by atoms with van der Waals surface area (Å²) in [4.78, 5) is 5.65. The quantitative estimate of drug-likeness (QED) is 0.928. The lowest BCUT2D eigenvalue weighted by atomic mass is 10.1. The maximum absolute atomic E-state index is 4.41. The molecule has 5 heteroatoms. The van der Waals surface area contributed by atoms with Gasteiger partial charge in [0, 0.05) is 17.0 Å². The molecule has 2 aromatic rings. The lowest BCUT2D eigenvalue weighted by molar-refractivity contribution is 0.422. The van der Waals surface area contributed by atoms with Crippen molar-refractivity contribution in [2.75, 3.05) is 0 Å². The van der Waals surface area contributed by atoms with Crippen molar-refractivity contribution in [1.82, 2.24) is 14.7 Å². The zero-order valence-electron chi connectivity index (χ0n) is 11.7. The number of nitrogens with one attached hydrogen (secondary N) is 1. The van der Waals surface area contributed by atoms with Crippen molar-refractivity contribution < 1.29 is 0 Å². The van der Waals surface area contributed by atoms with Crippen LogP contribution in [0.1, 0.15) is 32.2 Å². The second kappa shape index (κ2) is 6.03. The summed E-state index contributed by atoms with van der Waals surface area (Å²) in [5, 5.41) is 3.52. The summed E-state index contributed by atoms with van der Waals surface area (Å²) in [5.41, 5.74) is 1.42. The molecule has 0 saturated heterocycles. The summed E-state index contributed by atoms with van der Waals surface area (Å²) in [7, 11) is 0. The zero-order valence-corrected chi connectivity index (χ0v) is 13.4. The Morgan fingerprint density at radius 1 is 1.26 bits per heavy atom. The maximum atomic E-state index is 4.41. The Morgan fingerprint density at radius 3 is 2.63 bits per heavy atom. The maximum Gasteiger partial charge on any atom is 0.174 e. The van der Waals surface area contributed by atoms with Crippen LogP contribution in [0.15, 0.2) is 33.5 Å². The van der Waals surface area contributed by atoms with Crippen LogP contribution < -0.4 is 5.32 Å². The Bertz CT molecular complexity index is 544. The first-order chi connectivity index (χ1) is 8.94. The molecule has 19 heavy (non-hydrogen) atoms. The number of hydrogen-bond donors (Lipinski definition) is 1. The van der Waals surface area contributed by atoms with Gasteiger partial charge in [-0.3, -0.25) is 0 Å². The first-order valence-electron chi connectivity index (χ1n) is 6.25. The average molecular weight is 293 g/mol. The van der Waals surface area contributed by atoms with Crippen molar-refractivity contribution in [1.29, 1.82) is 0 Å². The van der Waals surface area contributed by atoms with Gasteiger partial charge in [0.05, 0.1) is 0 Å². The molecule has 0 saturated carbocycles. The molecule has 0 amide bonds. The predicted molar refractivity (Wildman–Crippen MR) is 81.8 cm³/mol. The van der Waals surface area contributed by atoms with Crippen LogP contribution in [0.4, 0.5) is 0 Å². The highest BCUT2D eigenvalue weighted by molar-refractivity contribution is 8.01. The lowest BCUT2D eigenvalue weighted by Crippen LogP contribution is -2.35. The molecule has 0 bridgehead atoms. The van der Waals surface area contributed by atoms with Gasteiger partial charge in [-0.25, -0.2) is 4.98 Å². The molecule has 102 valence electrons. The summed E-state index contributed by atoms with van der Waals surface area (Å²) in [6.45, 7) is 9.32. The number of aryl methyl sites for hydroxylation is 1. The molecule has 0 radical (unpaired) electrons. The van der Waals surface area contributed by atoms with Gasteiger partial charge in [-0.05, 0) is 50.9 Å². The van der Waals surface area contributed by atoms with E-state index in [0.717, 1.165) is 16.7 Å². The van der Waals surface area contributed by atoms with E-state index in [9.17, 15) is 0 Å². The van der Waals surface area contributed by atoms with E-state index in [2.05, 4.69) is 59.7 Å². The van der Waals surface area contributed by atoms with Crippen LogP contribution in [0.2, 0.25) is 0 Å². The minimum absolute atomic E-state index is 0.122. The first-order valence-corrected chi connectivity index (χ1v) is 7.84. The van der Waals surface area contributed by atoms with Crippen LogP contribution in [0, 0.1) is 6.92 Å². The summed E-state index contributed by atoms with van der Waals surface area (Å²) >= 11 is 3.15. The third-order valence-electron chi connectivity index (χ3n) is 2.49. The highest BCUT2D eigenvalue weighted by Crippen LogP contribution is 2.31. The van der Waals surface area contributed by atoms with Gasteiger partial charge in [-0.2, -0.15) is 4.37 Å². The van der Waals surface area contributed by atoms with Crippen molar-refractivity contribution in [3.63, 3.8) is 0 Å². The fraction of sp³-hybridized carbons (Fsp3) is 0.429. The third-order valence-corrected chi connectivity index (χ3v) is 4.45. The molecular weight excluding hydrogens is 274 g/mol. The van der Waals surface area contributed by atoms with Crippen molar-refractivity contribution >= 4 is 23.3 Å². The molecule has 3 nitrogen and oxygen atoms in total. The predicted octanol–water partition coefficient (Wildman–Crippen LogP) is 3.89. The summed E-state index contributed by atoms with van der Waals surface area (Å²) in [5.74, 6) is 0.845. The Hall–Kier alpha value is -0.910. The SMILES string of the molecule is Cc1nsc(Sc2ccccc2CNC(C)(C)C)n1. The van der Waals surface area contributed by atoms with Crippen molar-refractivity contribution in [3.8, 4) is 0 Å². The van der Waals surface area contributed by atoms with Crippen LogP contribution in [-0.2, 0) is 6.54 Å². The van der Waals surface area contributed by atoms with Crippen molar-refractivity contribution in [2.24, 2.45) is 0 Å². The monoisotopic (exact) mass is 293 g/mol. The topological polar surface area (TPSA) is 37.8 Å². The fourth-order valence-corrected chi connectivity index (χ4v) is 3.26. The molecule has 1 heterocycles. The van der Waals surface area contributed by atoms with E-state index in [1.165, 1.54) is 22.0 Å². The zero-order chi connectivity index (χ0) is 13.9. The number of hydrogen-bond acceptors (Lipinski definition) is 5. The molecule has 0 aliphatic rings. The van der Waals surface area contributed by atoms with Gasteiger partial charge in [0.25, 0.3) is 0 Å². The van der Waals surface area contributed by atoms with Gasteiger partial charge >= 0.3 is 0 Å². The van der Waals surface area contributed by atoms with Crippen molar-refractivity contribution in [3.05, 3.63) is 35.7 Å². The number of rotatable bonds is 4. The summed E-state index contributed by atoms with van der Waals surface area (Å²) in [6, 6.07) is 8.45. The van der Waals surface area contributed by atoms with Crippen LogP contribution in [0.3, 0.4) is 0 Å². The molecular formula is C14H19N3S2. The Balaban J connectivity index is 2.12. The molecule has 1 N–H and O–H groups in total. The first kappa shape index (κ1) is 14.5. The number of benzene rings is 1. The largest absolute Gasteiger partial charge is 0.308 e. The highest BCUT2D eigenvalue weighted by Gasteiger charge is 2.11. The molecule has 0 fully saturated rings.